The van der Waals surface area contributed by atoms with Crippen LogP contribution in [-0.4, -0.2) is 40.9 Å². The molecule has 0 aromatic carbocycles. The number of nitrogens with one attached hydrogen (secondary N) is 1. The summed E-state index contributed by atoms with van der Waals surface area (Å²) in [5, 5.41) is 3.70. The van der Waals surface area contributed by atoms with Crippen LogP contribution in [0.15, 0.2) is 30.6 Å². The molecule has 8 nitrogen and oxygen atoms in total. The first-order chi connectivity index (χ1) is 13.6. The lowest BCUT2D eigenvalue weighted by atomic mass is 10.1. The Kier molecular flexibility index (Phi) is 4.46. The van der Waals surface area contributed by atoms with E-state index in [2.05, 4.69) is 15.3 Å². The minimum absolute atomic E-state index is 0.169. The fourth-order valence-electron chi connectivity index (χ4n) is 3.41. The number of nitrogens with zero attached hydrogens (tertiary/aromatic N) is 3. The van der Waals surface area contributed by atoms with Crippen molar-refractivity contribution in [3.05, 3.63) is 30.6 Å². The summed E-state index contributed by atoms with van der Waals surface area (Å²) < 4.78 is 12.9. The number of anilines is 1. The Morgan fingerprint density at radius 2 is 2.11 bits per heavy atom. The highest BCUT2D eigenvalue weighted by Gasteiger charge is 2.42. The van der Waals surface area contributed by atoms with Crippen LogP contribution in [0.3, 0.4) is 0 Å². The summed E-state index contributed by atoms with van der Waals surface area (Å²) in [5.74, 6) is 0.975. The van der Waals surface area contributed by atoms with Gasteiger partial charge in [-0.2, -0.15) is 0 Å². The molecule has 8 heteroatoms. The minimum Gasteiger partial charge on any atom is -0.496 e. The summed E-state index contributed by atoms with van der Waals surface area (Å²) in [7, 11) is 5.08. The molecule has 0 saturated heterocycles. The number of pyridine rings is 2. The molecule has 1 amide bonds. The molecule has 0 unspecified atom stereocenters. The third-order valence-corrected chi connectivity index (χ3v) is 5.08. The predicted octanol–water partition coefficient (Wildman–Crippen LogP) is 2.43. The number of aromatic nitrogens is 3. The van der Waals surface area contributed by atoms with Crippen LogP contribution in [0, 0.1) is 11.8 Å². The minimum atomic E-state index is -0.245. The van der Waals surface area contributed by atoms with E-state index in [4.69, 9.17) is 9.47 Å². The van der Waals surface area contributed by atoms with Crippen molar-refractivity contribution in [2.45, 2.75) is 6.42 Å². The molecule has 3 aromatic heterocycles. The number of carbonyl (C=O) groups is 2. The van der Waals surface area contributed by atoms with Gasteiger partial charge in [-0.05, 0) is 24.6 Å². The van der Waals surface area contributed by atoms with Crippen LogP contribution in [0.1, 0.15) is 6.42 Å². The summed E-state index contributed by atoms with van der Waals surface area (Å²) in [6.07, 6.45) is 4.77. The predicted molar refractivity (Wildman–Crippen MR) is 103 cm³/mol. The number of hydrogen-bond acceptors (Lipinski definition) is 6. The van der Waals surface area contributed by atoms with Gasteiger partial charge in [0.25, 0.3) is 0 Å². The number of methoxy groups -OCH3 is 2. The maximum Gasteiger partial charge on any atom is 0.229 e. The molecule has 1 saturated carbocycles. The molecule has 3 aromatic rings. The van der Waals surface area contributed by atoms with E-state index >= 15 is 0 Å². The van der Waals surface area contributed by atoms with Gasteiger partial charge < -0.3 is 24.2 Å². The standard InChI is InChI=1S/C20H20N4O4/c1-24-14(18-16(27-2)4-5-21-20(18)28-3)7-11-8-17(22-9-15(11)24)23-19(26)13-6-12(13)10-25/h4-5,7-10,12-13H,6H2,1-3H3,(H,22,23,26)/t12-,13+/m0/s1. The van der Waals surface area contributed by atoms with Crippen LogP contribution in [0.2, 0.25) is 0 Å². The largest absolute Gasteiger partial charge is 0.496 e. The average molecular weight is 380 g/mol. The van der Waals surface area contributed by atoms with Crippen LogP contribution < -0.4 is 14.8 Å². The molecular formula is C20H20N4O4. The lowest BCUT2D eigenvalue weighted by Crippen LogP contribution is -2.15. The van der Waals surface area contributed by atoms with Gasteiger partial charge >= 0.3 is 0 Å². The van der Waals surface area contributed by atoms with Crippen molar-refractivity contribution in [3.63, 3.8) is 0 Å². The fourth-order valence-corrected chi connectivity index (χ4v) is 3.41. The third kappa shape index (κ3) is 2.96. The van der Waals surface area contributed by atoms with Gasteiger partial charge in [0.2, 0.25) is 11.8 Å². The van der Waals surface area contributed by atoms with Crippen molar-refractivity contribution in [2.24, 2.45) is 18.9 Å². The Labute approximate surface area is 161 Å². The van der Waals surface area contributed by atoms with Gasteiger partial charge in [-0.1, -0.05) is 0 Å². The van der Waals surface area contributed by atoms with Gasteiger partial charge in [0, 0.05) is 30.5 Å². The topological polar surface area (TPSA) is 95.3 Å². The molecular weight excluding hydrogens is 360 g/mol. The molecule has 1 aliphatic carbocycles. The zero-order valence-corrected chi connectivity index (χ0v) is 15.8. The molecule has 1 aliphatic rings. The van der Waals surface area contributed by atoms with Gasteiger partial charge in [0.15, 0.2) is 0 Å². The highest BCUT2D eigenvalue weighted by atomic mass is 16.5. The molecule has 0 aliphatic heterocycles. The lowest BCUT2D eigenvalue weighted by Gasteiger charge is -2.12. The number of ether oxygens (including phenoxy) is 2. The molecule has 4 rings (SSSR count). The molecule has 0 bridgehead atoms. The Hall–Kier alpha value is -3.42. The number of carbonyl (C=O) groups excluding carboxylic acids is 2. The molecule has 1 N–H and O–H groups in total. The Bertz CT molecular complexity index is 1050. The first-order valence-corrected chi connectivity index (χ1v) is 8.86. The number of rotatable bonds is 6. The number of aldehydes is 1. The molecule has 28 heavy (non-hydrogen) atoms. The zero-order chi connectivity index (χ0) is 19.8. The lowest BCUT2D eigenvalue weighted by molar-refractivity contribution is -0.119. The maximum absolute atomic E-state index is 12.2. The Balaban J connectivity index is 1.72. The van der Waals surface area contributed by atoms with Crippen LogP contribution in [0.4, 0.5) is 5.82 Å². The van der Waals surface area contributed by atoms with E-state index in [1.54, 1.807) is 32.7 Å². The van der Waals surface area contributed by atoms with E-state index in [0.717, 1.165) is 28.4 Å². The number of amides is 1. The summed E-state index contributed by atoms with van der Waals surface area (Å²) in [6.45, 7) is 0. The van der Waals surface area contributed by atoms with E-state index in [0.29, 0.717) is 23.9 Å². The Morgan fingerprint density at radius 1 is 1.29 bits per heavy atom. The number of fused-ring (bicyclic) bond motifs is 1. The number of hydrogen-bond donors (Lipinski definition) is 1. The third-order valence-electron chi connectivity index (χ3n) is 5.08. The van der Waals surface area contributed by atoms with Crippen molar-refractivity contribution in [1.29, 1.82) is 0 Å². The average Bonchev–Trinajstić information content (AvgIpc) is 3.45. The SMILES string of the molecule is COc1ccnc(OC)c1-c1cc2cc(NC(=O)[C@@H]3C[C@H]3C=O)ncc2n1C. The number of aryl methyl sites for hydroxylation is 1. The van der Waals surface area contributed by atoms with Crippen molar-refractivity contribution >= 4 is 28.9 Å². The Morgan fingerprint density at radius 3 is 2.79 bits per heavy atom. The van der Waals surface area contributed by atoms with E-state index in [1.165, 1.54) is 0 Å². The summed E-state index contributed by atoms with van der Waals surface area (Å²) in [6, 6.07) is 5.56. The smallest absolute Gasteiger partial charge is 0.229 e. The first kappa shape index (κ1) is 18.0. The van der Waals surface area contributed by atoms with Crippen molar-refractivity contribution in [1.82, 2.24) is 14.5 Å². The second kappa shape index (κ2) is 6.95. The molecule has 144 valence electrons. The fraction of sp³-hybridized carbons (Fsp3) is 0.300. The van der Waals surface area contributed by atoms with E-state index in [-0.39, 0.29) is 17.7 Å². The molecule has 3 heterocycles. The maximum atomic E-state index is 12.2. The summed E-state index contributed by atoms with van der Waals surface area (Å²) >= 11 is 0. The monoisotopic (exact) mass is 380 g/mol. The molecule has 0 radical (unpaired) electrons. The molecule has 2 atom stereocenters. The van der Waals surface area contributed by atoms with Gasteiger partial charge in [0.05, 0.1) is 31.6 Å². The van der Waals surface area contributed by atoms with Gasteiger partial charge in [-0.25, -0.2) is 9.97 Å². The van der Waals surface area contributed by atoms with Crippen molar-refractivity contribution in [2.75, 3.05) is 19.5 Å². The normalized spacial score (nSPS) is 18.0. The molecule has 0 spiro atoms. The second-order valence-corrected chi connectivity index (χ2v) is 6.75. The van der Waals surface area contributed by atoms with Crippen LogP contribution in [0.5, 0.6) is 11.6 Å². The molecule has 1 fully saturated rings. The van der Waals surface area contributed by atoms with Gasteiger partial charge in [0.1, 0.15) is 23.4 Å². The zero-order valence-electron chi connectivity index (χ0n) is 15.8. The van der Waals surface area contributed by atoms with Crippen LogP contribution >= 0.6 is 0 Å². The van der Waals surface area contributed by atoms with Crippen LogP contribution in [0.25, 0.3) is 22.2 Å². The van der Waals surface area contributed by atoms with E-state index < -0.39 is 0 Å². The van der Waals surface area contributed by atoms with Crippen molar-refractivity contribution < 1.29 is 19.1 Å². The first-order valence-electron chi connectivity index (χ1n) is 8.86. The van der Waals surface area contributed by atoms with Crippen LogP contribution in [-0.2, 0) is 16.6 Å². The van der Waals surface area contributed by atoms with Crippen molar-refractivity contribution in [3.8, 4) is 22.9 Å². The summed E-state index contributed by atoms with van der Waals surface area (Å²) in [4.78, 5) is 31.6. The van der Waals surface area contributed by atoms with E-state index in [1.807, 2.05) is 23.7 Å². The van der Waals surface area contributed by atoms with Gasteiger partial charge in [-0.15, -0.1) is 0 Å². The van der Waals surface area contributed by atoms with E-state index in [9.17, 15) is 9.59 Å². The summed E-state index contributed by atoms with van der Waals surface area (Å²) in [5.41, 5.74) is 2.48. The highest BCUT2D eigenvalue weighted by molar-refractivity contribution is 5.98. The highest BCUT2D eigenvalue weighted by Crippen LogP contribution is 2.40. The quantitative estimate of drug-likeness (QED) is 0.660. The van der Waals surface area contributed by atoms with Gasteiger partial charge in [-0.3, -0.25) is 4.79 Å². The second-order valence-electron chi connectivity index (χ2n) is 6.75.